The second-order valence-electron chi connectivity index (χ2n) is 3.88. The van der Waals surface area contributed by atoms with Crippen molar-refractivity contribution in [3.05, 3.63) is 54.1 Å². The summed E-state index contributed by atoms with van der Waals surface area (Å²) in [7, 11) is 0. The number of ether oxygens (including phenoxy) is 1. The van der Waals surface area contributed by atoms with E-state index in [-0.39, 0.29) is 0 Å². The van der Waals surface area contributed by atoms with Crippen molar-refractivity contribution in [3.63, 3.8) is 0 Å². The first-order chi connectivity index (χ1) is 8.81. The molecule has 0 aliphatic carbocycles. The van der Waals surface area contributed by atoms with Gasteiger partial charge in [-0.05, 0) is 24.6 Å². The van der Waals surface area contributed by atoms with E-state index >= 15 is 0 Å². The van der Waals surface area contributed by atoms with Crippen LogP contribution in [0.15, 0.2) is 53.4 Å². The molecule has 0 bridgehead atoms. The Balaban J connectivity index is 2.08. The van der Waals surface area contributed by atoms with Crippen LogP contribution in [0.2, 0.25) is 0 Å². The van der Waals surface area contributed by atoms with Crippen LogP contribution in [0.1, 0.15) is 12.5 Å². The molecule has 18 heavy (non-hydrogen) atoms. The zero-order chi connectivity index (χ0) is 12.8. The number of hydrogen-bond acceptors (Lipinski definition) is 3. The lowest BCUT2D eigenvalue weighted by Crippen LogP contribution is -1.98. The highest BCUT2D eigenvalue weighted by atomic mass is 32.2. The van der Waals surface area contributed by atoms with E-state index in [4.69, 9.17) is 10.5 Å². The SMILES string of the molecule is CCOc1cccc(SCc2ccccc2)c1N. The Morgan fingerprint density at radius 1 is 1.06 bits per heavy atom. The summed E-state index contributed by atoms with van der Waals surface area (Å²) in [6.45, 7) is 2.60. The van der Waals surface area contributed by atoms with Gasteiger partial charge in [0.05, 0.1) is 12.3 Å². The number of para-hydroxylation sites is 1. The molecule has 0 saturated carbocycles. The molecule has 0 radical (unpaired) electrons. The Kier molecular flexibility index (Phi) is 4.53. The van der Waals surface area contributed by atoms with Crippen LogP contribution in [0, 0.1) is 0 Å². The van der Waals surface area contributed by atoms with Gasteiger partial charge in [0.2, 0.25) is 0 Å². The molecule has 3 heteroatoms. The summed E-state index contributed by atoms with van der Waals surface area (Å²) in [5.74, 6) is 1.69. The lowest BCUT2D eigenvalue weighted by molar-refractivity contribution is 0.341. The van der Waals surface area contributed by atoms with Gasteiger partial charge in [0.25, 0.3) is 0 Å². The van der Waals surface area contributed by atoms with E-state index in [0.29, 0.717) is 6.61 Å². The topological polar surface area (TPSA) is 35.2 Å². The highest BCUT2D eigenvalue weighted by Crippen LogP contribution is 2.34. The predicted molar refractivity (Wildman–Crippen MR) is 78.0 cm³/mol. The Bertz CT molecular complexity index is 499. The van der Waals surface area contributed by atoms with Crippen molar-refractivity contribution in [2.24, 2.45) is 0 Å². The fraction of sp³-hybridized carbons (Fsp3) is 0.200. The molecule has 2 nitrogen and oxygen atoms in total. The molecule has 2 aromatic rings. The number of nitrogens with two attached hydrogens (primary N) is 1. The molecule has 0 fully saturated rings. The van der Waals surface area contributed by atoms with E-state index in [9.17, 15) is 0 Å². The highest BCUT2D eigenvalue weighted by Gasteiger charge is 2.06. The van der Waals surface area contributed by atoms with E-state index in [0.717, 1.165) is 22.1 Å². The molecule has 0 aliphatic heterocycles. The summed E-state index contributed by atoms with van der Waals surface area (Å²) in [6.07, 6.45) is 0. The number of thioether (sulfide) groups is 1. The second-order valence-corrected chi connectivity index (χ2v) is 4.89. The quantitative estimate of drug-likeness (QED) is 0.652. The van der Waals surface area contributed by atoms with Gasteiger partial charge in [-0.15, -0.1) is 11.8 Å². The summed E-state index contributed by atoms with van der Waals surface area (Å²) >= 11 is 1.74. The van der Waals surface area contributed by atoms with Crippen LogP contribution in [0.3, 0.4) is 0 Å². The smallest absolute Gasteiger partial charge is 0.143 e. The average molecular weight is 259 g/mol. The van der Waals surface area contributed by atoms with Crippen molar-refractivity contribution >= 4 is 17.4 Å². The van der Waals surface area contributed by atoms with E-state index < -0.39 is 0 Å². The Morgan fingerprint density at radius 2 is 1.83 bits per heavy atom. The van der Waals surface area contributed by atoms with Gasteiger partial charge in [0, 0.05) is 10.6 Å². The molecule has 0 amide bonds. The van der Waals surface area contributed by atoms with Gasteiger partial charge >= 0.3 is 0 Å². The number of nitrogen functional groups attached to an aromatic ring is 1. The molecule has 0 atom stereocenters. The van der Waals surface area contributed by atoms with Crippen molar-refractivity contribution in [1.82, 2.24) is 0 Å². The van der Waals surface area contributed by atoms with Crippen LogP contribution in [0.5, 0.6) is 5.75 Å². The summed E-state index contributed by atoms with van der Waals surface area (Å²) in [5.41, 5.74) is 8.12. The molecule has 2 aromatic carbocycles. The molecular weight excluding hydrogens is 242 g/mol. The van der Waals surface area contributed by atoms with Gasteiger partial charge in [-0.2, -0.15) is 0 Å². The maximum atomic E-state index is 6.09. The molecule has 2 N–H and O–H groups in total. The fourth-order valence-electron chi connectivity index (χ4n) is 1.67. The molecule has 0 heterocycles. The van der Waals surface area contributed by atoms with E-state index in [1.54, 1.807) is 11.8 Å². The highest BCUT2D eigenvalue weighted by molar-refractivity contribution is 7.98. The third-order valence-corrected chi connectivity index (χ3v) is 3.71. The lowest BCUT2D eigenvalue weighted by atomic mass is 10.2. The monoisotopic (exact) mass is 259 g/mol. The van der Waals surface area contributed by atoms with Crippen molar-refractivity contribution < 1.29 is 4.74 Å². The van der Waals surface area contributed by atoms with Crippen molar-refractivity contribution in [1.29, 1.82) is 0 Å². The summed E-state index contributed by atoms with van der Waals surface area (Å²) in [6, 6.07) is 16.3. The van der Waals surface area contributed by atoms with Crippen LogP contribution in [-0.4, -0.2) is 6.61 Å². The van der Waals surface area contributed by atoms with Gasteiger partial charge in [0.1, 0.15) is 5.75 Å². The number of hydrogen-bond donors (Lipinski definition) is 1. The van der Waals surface area contributed by atoms with Crippen LogP contribution >= 0.6 is 11.8 Å². The minimum atomic E-state index is 0.636. The van der Waals surface area contributed by atoms with Gasteiger partial charge in [-0.3, -0.25) is 0 Å². The molecule has 0 aromatic heterocycles. The molecule has 0 saturated heterocycles. The first-order valence-electron chi connectivity index (χ1n) is 5.99. The molecule has 0 unspecified atom stereocenters. The summed E-state index contributed by atoms with van der Waals surface area (Å²) in [4.78, 5) is 1.07. The third-order valence-electron chi connectivity index (χ3n) is 2.56. The van der Waals surface area contributed by atoms with Gasteiger partial charge in [0.15, 0.2) is 0 Å². The molecule has 94 valence electrons. The predicted octanol–water partition coefficient (Wildman–Crippen LogP) is 3.96. The first kappa shape index (κ1) is 12.8. The molecular formula is C15H17NOS. The number of benzene rings is 2. The molecule has 0 aliphatic rings. The van der Waals surface area contributed by atoms with Crippen LogP contribution < -0.4 is 10.5 Å². The van der Waals surface area contributed by atoms with Gasteiger partial charge < -0.3 is 10.5 Å². The largest absolute Gasteiger partial charge is 0.492 e. The number of rotatable bonds is 5. The minimum absolute atomic E-state index is 0.636. The minimum Gasteiger partial charge on any atom is -0.492 e. The van der Waals surface area contributed by atoms with Gasteiger partial charge in [-0.1, -0.05) is 36.4 Å². The lowest BCUT2D eigenvalue weighted by Gasteiger charge is -2.10. The van der Waals surface area contributed by atoms with E-state index in [2.05, 4.69) is 24.3 Å². The third kappa shape index (κ3) is 3.20. The standard InChI is InChI=1S/C15H17NOS/c1-2-17-13-9-6-10-14(15(13)16)18-11-12-7-4-3-5-8-12/h3-10H,2,11,16H2,1H3. The Labute approximate surface area is 112 Å². The number of anilines is 1. The molecule has 2 rings (SSSR count). The van der Waals surface area contributed by atoms with Crippen molar-refractivity contribution in [2.45, 2.75) is 17.6 Å². The maximum Gasteiger partial charge on any atom is 0.143 e. The van der Waals surface area contributed by atoms with Crippen LogP contribution in [0.4, 0.5) is 5.69 Å². The summed E-state index contributed by atoms with van der Waals surface area (Å²) < 4.78 is 5.49. The first-order valence-corrected chi connectivity index (χ1v) is 6.98. The van der Waals surface area contributed by atoms with E-state index in [1.807, 2.05) is 31.2 Å². The van der Waals surface area contributed by atoms with Crippen LogP contribution in [-0.2, 0) is 5.75 Å². The second kappa shape index (κ2) is 6.36. The fourth-order valence-corrected chi connectivity index (χ4v) is 2.61. The zero-order valence-electron chi connectivity index (χ0n) is 10.4. The van der Waals surface area contributed by atoms with E-state index in [1.165, 1.54) is 5.56 Å². The summed E-state index contributed by atoms with van der Waals surface area (Å²) in [5, 5.41) is 0. The molecule has 0 spiro atoms. The van der Waals surface area contributed by atoms with Gasteiger partial charge in [-0.25, -0.2) is 0 Å². The normalized spacial score (nSPS) is 10.3. The van der Waals surface area contributed by atoms with Crippen molar-refractivity contribution in [2.75, 3.05) is 12.3 Å². The average Bonchev–Trinajstić information content (AvgIpc) is 2.41. The maximum absolute atomic E-state index is 6.09. The Hall–Kier alpha value is -1.61. The zero-order valence-corrected chi connectivity index (χ0v) is 11.2. The van der Waals surface area contributed by atoms with Crippen LogP contribution in [0.25, 0.3) is 0 Å². The Morgan fingerprint density at radius 3 is 2.56 bits per heavy atom. The van der Waals surface area contributed by atoms with Crippen molar-refractivity contribution in [3.8, 4) is 5.75 Å².